The van der Waals surface area contributed by atoms with Crippen molar-refractivity contribution < 1.29 is 23.1 Å². The summed E-state index contributed by atoms with van der Waals surface area (Å²) in [6.07, 6.45) is 5.89. The number of fused-ring (bicyclic) bond motifs is 1. The highest BCUT2D eigenvalue weighted by Gasteiger charge is 2.21. The number of rotatable bonds is 9. The van der Waals surface area contributed by atoms with Gasteiger partial charge in [0.15, 0.2) is 5.65 Å². The highest BCUT2D eigenvalue weighted by molar-refractivity contribution is 5.86. The van der Waals surface area contributed by atoms with Crippen molar-refractivity contribution in [3.63, 3.8) is 0 Å². The number of ether oxygens (including phenoxy) is 2. The maximum Gasteiger partial charge on any atom is 0.377 e. The monoisotopic (exact) mass is 505 g/mol. The Morgan fingerprint density at radius 1 is 0.789 bits per heavy atom. The van der Waals surface area contributed by atoms with Crippen molar-refractivity contribution in [2.45, 2.75) is 12.8 Å². The van der Waals surface area contributed by atoms with Gasteiger partial charge in [-0.05, 0) is 29.8 Å². The molecule has 8 heteroatoms. The van der Waals surface area contributed by atoms with E-state index in [9.17, 15) is 4.79 Å². The molecule has 188 valence electrons. The summed E-state index contributed by atoms with van der Waals surface area (Å²) in [6, 6.07) is 26.9. The number of esters is 1. The van der Waals surface area contributed by atoms with Crippen LogP contribution in [0, 0.1) is 0 Å². The van der Waals surface area contributed by atoms with E-state index < -0.39 is 5.97 Å². The Balaban J connectivity index is 1.43. The summed E-state index contributed by atoms with van der Waals surface area (Å²) in [5, 5.41) is 0. The van der Waals surface area contributed by atoms with Crippen molar-refractivity contribution in [3.05, 3.63) is 132 Å². The summed E-state index contributed by atoms with van der Waals surface area (Å²) in [5.41, 5.74) is 4.92. The summed E-state index contributed by atoms with van der Waals surface area (Å²) < 4.78 is 23.9. The summed E-state index contributed by atoms with van der Waals surface area (Å²) in [5.74, 6) is 0.653. The molecule has 0 aliphatic heterocycles. The van der Waals surface area contributed by atoms with Gasteiger partial charge in [-0.1, -0.05) is 60.7 Å². The number of imidazole rings is 1. The zero-order chi connectivity index (χ0) is 25.7. The molecule has 0 aliphatic rings. The third kappa shape index (κ3) is 4.92. The molecule has 2 aromatic carbocycles. The average Bonchev–Trinajstić information content (AvgIpc) is 3.73. The van der Waals surface area contributed by atoms with Gasteiger partial charge in [-0.2, -0.15) is 0 Å². The fraction of sp³-hybridized carbons (Fsp3) is 0.100. The molecule has 0 bridgehead atoms. The summed E-state index contributed by atoms with van der Waals surface area (Å²) in [6.45, 7) is -0.324. The minimum absolute atomic E-state index is 0.100. The van der Waals surface area contributed by atoms with E-state index in [2.05, 4.69) is 12.1 Å². The molecule has 0 N–H and O–H groups in total. The fourth-order valence-corrected chi connectivity index (χ4v) is 4.24. The van der Waals surface area contributed by atoms with Crippen LogP contribution in [0.4, 0.5) is 0 Å². The van der Waals surface area contributed by atoms with E-state index in [1.165, 1.54) is 12.3 Å². The molecule has 0 radical (unpaired) electrons. The molecule has 0 fully saturated rings. The Morgan fingerprint density at radius 3 is 2.29 bits per heavy atom. The van der Waals surface area contributed by atoms with Crippen LogP contribution in [-0.2, 0) is 17.6 Å². The number of hydrogen-bond donors (Lipinski definition) is 0. The van der Waals surface area contributed by atoms with Crippen molar-refractivity contribution in [1.29, 1.82) is 0 Å². The molecule has 38 heavy (non-hydrogen) atoms. The van der Waals surface area contributed by atoms with Gasteiger partial charge in [0.05, 0.1) is 30.3 Å². The molecule has 0 spiro atoms. The number of carbonyl (C=O) groups excluding carboxylic acids is 1. The molecule has 8 nitrogen and oxygen atoms in total. The zero-order valence-electron chi connectivity index (χ0n) is 20.3. The van der Waals surface area contributed by atoms with Gasteiger partial charge in [0, 0.05) is 18.2 Å². The number of aromatic nitrogens is 3. The number of hydrogen-bond acceptors (Lipinski definition) is 7. The highest BCUT2D eigenvalue weighted by atomic mass is 16.7. The minimum Gasteiger partial charge on any atom is -0.469 e. The summed E-state index contributed by atoms with van der Waals surface area (Å²) in [4.78, 5) is 22.2. The van der Waals surface area contributed by atoms with Crippen LogP contribution in [0.2, 0.25) is 0 Å². The van der Waals surface area contributed by atoms with Gasteiger partial charge in [0.1, 0.15) is 11.5 Å². The van der Waals surface area contributed by atoms with E-state index in [0.717, 1.165) is 28.3 Å². The third-order valence-electron chi connectivity index (χ3n) is 6.01. The minimum atomic E-state index is -0.618. The van der Waals surface area contributed by atoms with Gasteiger partial charge in [0.2, 0.25) is 18.4 Å². The van der Waals surface area contributed by atoms with E-state index in [-0.39, 0.29) is 12.6 Å². The fourth-order valence-electron chi connectivity index (χ4n) is 4.24. The molecule has 4 heterocycles. The number of nitrogens with zero attached hydrogens (tertiary/aromatic N) is 3. The molecular formula is C30H23N3O5. The van der Waals surface area contributed by atoms with Crippen molar-refractivity contribution >= 4 is 11.6 Å². The Kier molecular flexibility index (Phi) is 6.42. The lowest BCUT2D eigenvalue weighted by molar-refractivity contribution is 0.0104. The second-order valence-corrected chi connectivity index (χ2v) is 8.59. The van der Waals surface area contributed by atoms with Crippen LogP contribution >= 0.6 is 0 Å². The first-order valence-electron chi connectivity index (χ1n) is 12.1. The lowest BCUT2D eigenvalue weighted by Crippen LogP contribution is -2.12. The third-order valence-corrected chi connectivity index (χ3v) is 6.01. The number of furan rings is 2. The quantitative estimate of drug-likeness (QED) is 0.177. The first-order valence-corrected chi connectivity index (χ1v) is 12.1. The molecule has 4 aromatic heterocycles. The van der Waals surface area contributed by atoms with Gasteiger partial charge in [-0.25, -0.2) is 14.8 Å². The Bertz CT molecular complexity index is 1640. The van der Waals surface area contributed by atoms with Gasteiger partial charge >= 0.3 is 5.97 Å². The van der Waals surface area contributed by atoms with Crippen LogP contribution < -0.4 is 4.74 Å². The molecular weight excluding hydrogens is 482 g/mol. The van der Waals surface area contributed by atoms with Gasteiger partial charge in [0.25, 0.3) is 0 Å². The predicted molar refractivity (Wildman–Crippen MR) is 139 cm³/mol. The lowest BCUT2D eigenvalue weighted by Gasteiger charge is -2.11. The largest absolute Gasteiger partial charge is 0.469 e. The summed E-state index contributed by atoms with van der Waals surface area (Å²) >= 11 is 0. The highest BCUT2D eigenvalue weighted by Crippen LogP contribution is 2.29. The first kappa shape index (κ1) is 23.3. The summed E-state index contributed by atoms with van der Waals surface area (Å²) in [7, 11) is 0. The van der Waals surface area contributed by atoms with E-state index in [0.29, 0.717) is 30.1 Å². The molecule has 0 unspecified atom stereocenters. The van der Waals surface area contributed by atoms with Gasteiger partial charge in [-0.15, -0.1) is 0 Å². The van der Waals surface area contributed by atoms with Gasteiger partial charge in [-0.3, -0.25) is 4.40 Å². The first-order chi connectivity index (χ1) is 18.7. The van der Waals surface area contributed by atoms with E-state index in [1.54, 1.807) is 12.3 Å². The van der Waals surface area contributed by atoms with Crippen molar-refractivity contribution in [2.75, 3.05) is 6.79 Å². The Hall–Kier alpha value is -5.11. The Morgan fingerprint density at radius 2 is 1.55 bits per heavy atom. The molecule has 0 aliphatic carbocycles. The molecule has 0 saturated heterocycles. The van der Waals surface area contributed by atoms with Crippen molar-refractivity contribution in [2.24, 2.45) is 0 Å². The number of carbonyl (C=O) groups is 1. The molecule has 0 atom stereocenters. The van der Waals surface area contributed by atoms with E-state index in [1.807, 2.05) is 71.3 Å². The van der Waals surface area contributed by atoms with Crippen LogP contribution in [0.1, 0.15) is 33.3 Å². The molecule has 6 rings (SSSR count). The zero-order valence-corrected chi connectivity index (χ0v) is 20.3. The van der Waals surface area contributed by atoms with Crippen LogP contribution in [0.25, 0.3) is 16.9 Å². The maximum absolute atomic E-state index is 12.3. The Labute approximate surface area is 218 Å². The normalized spacial score (nSPS) is 11.1. The smallest absolute Gasteiger partial charge is 0.377 e. The molecule has 0 saturated carbocycles. The molecule has 0 amide bonds. The second kappa shape index (κ2) is 10.5. The van der Waals surface area contributed by atoms with Crippen molar-refractivity contribution in [3.8, 4) is 17.1 Å². The van der Waals surface area contributed by atoms with Crippen LogP contribution in [0.3, 0.4) is 0 Å². The number of benzene rings is 2. The van der Waals surface area contributed by atoms with Crippen LogP contribution in [0.15, 0.2) is 112 Å². The van der Waals surface area contributed by atoms with Crippen molar-refractivity contribution in [1.82, 2.24) is 14.4 Å². The van der Waals surface area contributed by atoms with Crippen LogP contribution in [0.5, 0.6) is 5.88 Å². The predicted octanol–water partition coefficient (Wildman–Crippen LogP) is 5.96. The topological polar surface area (TPSA) is 92.0 Å². The maximum atomic E-state index is 12.3. The second-order valence-electron chi connectivity index (χ2n) is 8.59. The van der Waals surface area contributed by atoms with Crippen LogP contribution in [-0.4, -0.2) is 27.1 Å². The van der Waals surface area contributed by atoms with Gasteiger partial charge < -0.3 is 18.3 Å². The van der Waals surface area contributed by atoms with E-state index in [4.69, 9.17) is 28.3 Å². The SMILES string of the molecule is O=C(OCOc1c(Cc2ccco2)nc2c(Cc3ccccc3)nc(-c3ccccc3)cn12)c1ccco1. The lowest BCUT2D eigenvalue weighted by atomic mass is 10.1. The molecule has 6 aromatic rings. The van der Waals surface area contributed by atoms with E-state index >= 15 is 0 Å². The average molecular weight is 506 g/mol. The standard InChI is InChI=1S/C30H23N3O5/c34-30(27-14-8-16-36-27)38-20-37-29-25(18-23-13-7-15-35-23)32-28-24(17-21-9-3-1-4-10-21)31-26(19-33(28)29)22-11-5-2-6-12-22/h1-16,19H,17-18,20H2.